The van der Waals surface area contributed by atoms with Crippen LogP contribution in [0.4, 0.5) is 0 Å². The number of imide groups is 1. The molecular weight excluding hydrogens is 290 g/mol. The van der Waals surface area contributed by atoms with Crippen LogP contribution in [-0.4, -0.2) is 40.7 Å². The van der Waals surface area contributed by atoms with Crippen LogP contribution < -0.4 is 11.1 Å². The van der Waals surface area contributed by atoms with Crippen molar-refractivity contribution in [2.75, 3.05) is 7.05 Å². The number of nitrogens with one attached hydrogen (secondary N) is 1. The highest BCUT2D eigenvalue weighted by molar-refractivity contribution is 7.80. The number of benzene rings is 1. The van der Waals surface area contributed by atoms with Crippen molar-refractivity contribution in [2.24, 2.45) is 5.73 Å². The Labute approximate surface area is 127 Å². The summed E-state index contributed by atoms with van der Waals surface area (Å²) in [5.74, 6) is -2.05. The Hall–Kier alpha value is -2.28. The molecule has 0 saturated carbocycles. The molecule has 1 fully saturated rings. The molecule has 3 amide bonds. The number of likely N-dealkylation sites (N-methyl/N-ethyl adjacent to an activating group) is 1. The second-order valence-electron chi connectivity index (χ2n) is 4.80. The lowest BCUT2D eigenvalue weighted by molar-refractivity contribution is -0.138. The predicted molar refractivity (Wildman–Crippen MR) is 80.3 cm³/mol. The first-order valence-corrected chi connectivity index (χ1v) is 6.77. The number of carbonyl (C=O) groups is 3. The van der Waals surface area contributed by atoms with Crippen LogP contribution in [0.3, 0.4) is 0 Å². The van der Waals surface area contributed by atoms with Gasteiger partial charge in [0, 0.05) is 7.05 Å². The summed E-state index contributed by atoms with van der Waals surface area (Å²) >= 11 is 4.95. The molecule has 0 aliphatic carbocycles. The van der Waals surface area contributed by atoms with Gasteiger partial charge in [-0.15, -0.1) is 0 Å². The SMILES string of the molecule is CN1C(=O)CC(NC(=O)C(C(N)=S)c2ccccc2)C1=O. The van der Waals surface area contributed by atoms with Crippen LogP contribution in [0.15, 0.2) is 30.3 Å². The number of hydrogen-bond acceptors (Lipinski definition) is 4. The van der Waals surface area contributed by atoms with Gasteiger partial charge in [0.15, 0.2) is 0 Å². The van der Waals surface area contributed by atoms with Gasteiger partial charge in [-0.25, -0.2) is 0 Å². The Morgan fingerprint density at radius 2 is 2.00 bits per heavy atom. The van der Waals surface area contributed by atoms with Gasteiger partial charge in [-0.2, -0.15) is 0 Å². The van der Waals surface area contributed by atoms with Gasteiger partial charge < -0.3 is 11.1 Å². The molecule has 2 atom stereocenters. The van der Waals surface area contributed by atoms with Crippen LogP contribution in [0.25, 0.3) is 0 Å². The van der Waals surface area contributed by atoms with E-state index in [2.05, 4.69) is 5.32 Å². The first-order valence-electron chi connectivity index (χ1n) is 6.37. The molecule has 1 heterocycles. The third-order valence-electron chi connectivity index (χ3n) is 3.38. The molecule has 0 radical (unpaired) electrons. The minimum Gasteiger partial charge on any atom is -0.392 e. The first kappa shape index (κ1) is 15.1. The summed E-state index contributed by atoms with van der Waals surface area (Å²) in [5, 5.41) is 2.55. The van der Waals surface area contributed by atoms with Gasteiger partial charge in [0.2, 0.25) is 11.8 Å². The average molecular weight is 305 g/mol. The van der Waals surface area contributed by atoms with Gasteiger partial charge in [0.05, 0.1) is 11.4 Å². The number of carbonyl (C=O) groups excluding carboxylic acids is 3. The molecule has 2 rings (SSSR count). The summed E-state index contributed by atoms with van der Waals surface area (Å²) in [5.41, 5.74) is 6.29. The molecule has 2 unspecified atom stereocenters. The number of hydrogen-bond donors (Lipinski definition) is 2. The number of rotatable bonds is 4. The van der Waals surface area contributed by atoms with Crippen molar-refractivity contribution in [2.45, 2.75) is 18.4 Å². The van der Waals surface area contributed by atoms with Crippen molar-refractivity contribution >= 4 is 34.9 Å². The summed E-state index contributed by atoms with van der Waals surface area (Å²) in [7, 11) is 1.39. The van der Waals surface area contributed by atoms with Gasteiger partial charge in [-0.05, 0) is 5.56 Å². The maximum Gasteiger partial charge on any atom is 0.252 e. The molecule has 0 spiro atoms. The molecule has 1 aromatic carbocycles. The normalized spacial score (nSPS) is 19.5. The van der Waals surface area contributed by atoms with Gasteiger partial charge in [0.1, 0.15) is 12.0 Å². The predicted octanol–water partition coefficient (Wildman–Crippen LogP) is -0.0702. The lowest BCUT2D eigenvalue weighted by Crippen LogP contribution is -2.45. The van der Waals surface area contributed by atoms with E-state index in [1.54, 1.807) is 24.3 Å². The molecule has 6 nitrogen and oxygen atoms in total. The van der Waals surface area contributed by atoms with E-state index in [0.29, 0.717) is 5.56 Å². The summed E-state index contributed by atoms with van der Waals surface area (Å²) < 4.78 is 0. The van der Waals surface area contributed by atoms with Crippen molar-refractivity contribution in [3.8, 4) is 0 Å². The maximum atomic E-state index is 12.3. The zero-order chi connectivity index (χ0) is 15.6. The van der Waals surface area contributed by atoms with Gasteiger partial charge in [-0.3, -0.25) is 19.3 Å². The van der Waals surface area contributed by atoms with E-state index in [1.807, 2.05) is 6.07 Å². The van der Waals surface area contributed by atoms with Gasteiger partial charge >= 0.3 is 0 Å². The van der Waals surface area contributed by atoms with Crippen LogP contribution in [0, 0.1) is 0 Å². The maximum absolute atomic E-state index is 12.3. The van der Waals surface area contributed by atoms with Crippen molar-refractivity contribution in [1.82, 2.24) is 10.2 Å². The highest BCUT2D eigenvalue weighted by Gasteiger charge is 2.38. The number of nitrogens with two attached hydrogens (primary N) is 1. The standard InChI is InChI=1S/C14H15N3O3S/c1-17-10(18)7-9(14(17)20)16-13(19)11(12(15)21)8-5-3-2-4-6-8/h2-6,9,11H,7H2,1H3,(H2,15,21)(H,16,19). The van der Waals surface area contributed by atoms with Gasteiger partial charge in [0.25, 0.3) is 5.91 Å². The van der Waals surface area contributed by atoms with Crippen LogP contribution in [0.2, 0.25) is 0 Å². The quantitative estimate of drug-likeness (QED) is 0.600. The van der Waals surface area contributed by atoms with E-state index in [-0.39, 0.29) is 17.3 Å². The summed E-state index contributed by atoms with van der Waals surface area (Å²) in [6.07, 6.45) is -0.0417. The zero-order valence-electron chi connectivity index (χ0n) is 11.4. The zero-order valence-corrected chi connectivity index (χ0v) is 12.2. The summed E-state index contributed by atoms with van der Waals surface area (Å²) in [6.45, 7) is 0. The number of likely N-dealkylation sites (tertiary alicyclic amines) is 1. The molecule has 21 heavy (non-hydrogen) atoms. The molecule has 3 N–H and O–H groups in total. The monoisotopic (exact) mass is 305 g/mol. The number of thiocarbonyl (C=S) groups is 1. The molecule has 1 saturated heterocycles. The van der Waals surface area contributed by atoms with Gasteiger partial charge in [-0.1, -0.05) is 42.5 Å². The minimum absolute atomic E-state index is 0.0174. The third kappa shape index (κ3) is 3.08. The fourth-order valence-corrected chi connectivity index (χ4v) is 2.46. The molecule has 0 aromatic heterocycles. The van der Waals surface area contributed by atoms with Crippen molar-refractivity contribution in [3.63, 3.8) is 0 Å². The van der Waals surface area contributed by atoms with Crippen molar-refractivity contribution < 1.29 is 14.4 Å². The molecule has 1 aromatic rings. The fraction of sp³-hybridized carbons (Fsp3) is 0.286. The number of amides is 3. The first-order chi connectivity index (χ1) is 9.91. The molecular formula is C14H15N3O3S. The van der Waals surface area contributed by atoms with E-state index in [4.69, 9.17) is 18.0 Å². The summed E-state index contributed by atoms with van der Waals surface area (Å²) in [4.78, 5) is 36.6. The smallest absolute Gasteiger partial charge is 0.252 e. The molecule has 1 aliphatic rings. The van der Waals surface area contributed by atoms with E-state index in [0.717, 1.165) is 4.90 Å². The third-order valence-corrected chi connectivity index (χ3v) is 3.61. The fourth-order valence-electron chi connectivity index (χ4n) is 2.21. The Morgan fingerprint density at radius 3 is 2.48 bits per heavy atom. The lowest BCUT2D eigenvalue weighted by atomic mass is 9.98. The van der Waals surface area contributed by atoms with Crippen LogP contribution >= 0.6 is 12.2 Å². The van der Waals surface area contributed by atoms with Crippen LogP contribution in [0.5, 0.6) is 0 Å². The topological polar surface area (TPSA) is 92.5 Å². The minimum atomic E-state index is -0.851. The molecule has 7 heteroatoms. The Kier molecular flexibility index (Phi) is 4.32. The molecule has 0 bridgehead atoms. The van der Waals surface area contributed by atoms with Crippen molar-refractivity contribution in [1.29, 1.82) is 0 Å². The lowest BCUT2D eigenvalue weighted by Gasteiger charge is -2.18. The van der Waals surface area contributed by atoms with Crippen molar-refractivity contribution in [3.05, 3.63) is 35.9 Å². The number of nitrogens with zero attached hydrogens (tertiary/aromatic N) is 1. The second kappa shape index (κ2) is 6.01. The molecule has 110 valence electrons. The second-order valence-corrected chi connectivity index (χ2v) is 5.27. The van der Waals surface area contributed by atoms with E-state index in [9.17, 15) is 14.4 Å². The van der Waals surface area contributed by atoms with Crippen LogP contribution in [-0.2, 0) is 14.4 Å². The molecule has 1 aliphatic heterocycles. The Balaban J connectivity index is 2.16. The Morgan fingerprint density at radius 1 is 1.38 bits per heavy atom. The van der Waals surface area contributed by atoms with Crippen LogP contribution in [0.1, 0.15) is 17.9 Å². The van der Waals surface area contributed by atoms with E-state index in [1.165, 1.54) is 7.05 Å². The largest absolute Gasteiger partial charge is 0.392 e. The summed E-state index contributed by atoms with van der Waals surface area (Å²) in [6, 6.07) is 7.97. The highest BCUT2D eigenvalue weighted by Crippen LogP contribution is 2.18. The average Bonchev–Trinajstić information content (AvgIpc) is 2.67. The highest BCUT2D eigenvalue weighted by atomic mass is 32.1. The Bertz CT molecular complexity index is 603. The van der Waals surface area contributed by atoms with E-state index < -0.39 is 23.8 Å². The van der Waals surface area contributed by atoms with E-state index >= 15 is 0 Å².